The van der Waals surface area contributed by atoms with E-state index in [9.17, 15) is 4.79 Å². The van der Waals surface area contributed by atoms with E-state index in [4.69, 9.17) is 4.42 Å². The Morgan fingerprint density at radius 1 is 0.871 bits per heavy atom. The lowest BCUT2D eigenvalue weighted by Gasteiger charge is -2.16. The first-order valence-corrected chi connectivity index (χ1v) is 10.4. The van der Waals surface area contributed by atoms with Crippen LogP contribution in [0.25, 0.3) is 22.8 Å². The molecule has 0 spiro atoms. The van der Waals surface area contributed by atoms with Gasteiger partial charge in [-0.3, -0.25) is 4.79 Å². The molecule has 3 heterocycles. The Kier molecular flexibility index (Phi) is 5.19. The molecule has 0 aliphatic carbocycles. The monoisotopic (exact) mass is 410 g/mol. The molecule has 0 unspecified atom stereocenters. The van der Waals surface area contributed by atoms with E-state index in [-0.39, 0.29) is 5.91 Å². The second kappa shape index (κ2) is 8.44. The Bertz CT molecular complexity index is 1180. The molecule has 5 rings (SSSR count). The minimum absolute atomic E-state index is 0.231. The summed E-state index contributed by atoms with van der Waals surface area (Å²) < 4.78 is 5.96. The second-order valence-corrected chi connectivity index (χ2v) is 7.49. The molecule has 4 aromatic rings. The molecule has 2 aromatic heterocycles. The van der Waals surface area contributed by atoms with Crippen LogP contribution >= 0.6 is 0 Å². The number of nitrogens with zero attached hydrogens (tertiary/aromatic N) is 3. The van der Waals surface area contributed by atoms with Crippen LogP contribution in [-0.2, 0) is 0 Å². The molecule has 0 saturated carbocycles. The molecule has 0 atom stereocenters. The summed E-state index contributed by atoms with van der Waals surface area (Å²) in [5.41, 5.74) is 2.73. The predicted octanol–water partition coefficient (Wildman–Crippen LogP) is 5.26. The highest BCUT2D eigenvalue weighted by Gasteiger charge is 2.18. The van der Waals surface area contributed by atoms with Gasteiger partial charge in [0.05, 0.1) is 23.6 Å². The van der Waals surface area contributed by atoms with Crippen LogP contribution in [0.3, 0.4) is 0 Å². The van der Waals surface area contributed by atoms with Crippen molar-refractivity contribution in [1.29, 1.82) is 0 Å². The molecule has 154 valence electrons. The smallest absolute Gasteiger partial charge is 0.256 e. The summed E-state index contributed by atoms with van der Waals surface area (Å²) in [5, 5.41) is 2.94. The molecule has 6 nitrogen and oxygen atoms in total. The van der Waals surface area contributed by atoms with Crippen LogP contribution in [0, 0.1) is 0 Å². The number of oxazole rings is 1. The van der Waals surface area contributed by atoms with E-state index < -0.39 is 0 Å². The standard InChI is InChI=1S/C25H22N4O2/c30-24(28-19-12-13-23(26-16-19)29-14-6-7-15-29)20-10-4-5-11-21(20)25-27-17-22(31-25)18-8-2-1-3-9-18/h1-5,8-13,16-17H,6-7,14-15H2,(H,28,30). The number of carbonyl (C=O) groups is 1. The summed E-state index contributed by atoms with van der Waals surface area (Å²) in [6.07, 6.45) is 5.78. The first kappa shape index (κ1) is 19.1. The quantitative estimate of drug-likeness (QED) is 0.486. The van der Waals surface area contributed by atoms with Crippen molar-refractivity contribution in [2.75, 3.05) is 23.3 Å². The zero-order valence-corrected chi connectivity index (χ0v) is 17.0. The number of benzene rings is 2. The average molecular weight is 410 g/mol. The van der Waals surface area contributed by atoms with Crippen molar-refractivity contribution in [2.24, 2.45) is 0 Å². The van der Waals surface area contributed by atoms with Gasteiger partial charge in [-0.1, -0.05) is 42.5 Å². The average Bonchev–Trinajstić information content (AvgIpc) is 3.53. The molecule has 1 fully saturated rings. The van der Waals surface area contributed by atoms with Crippen LogP contribution in [-0.4, -0.2) is 29.0 Å². The Morgan fingerprint density at radius 2 is 1.65 bits per heavy atom. The Morgan fingerprint density at radius 3 is 2.42 bits per heavy atom. The molecular weight excluding hydrogens is 388 g/mol. The third kappa shape index (κ3) is 4.05. The highest BCUT2D eigenvalue weighted by molar-refractivity contribution is 6.08. The van der Waals surface area contributed by atoms with E-state index >= 15 is 0 Å². The Balaban J connectivity index is 1.36. The van der Waals surface area contributed by atoms with Crippen molar-refractivity contribution in [1.82, 2.24) is 9.97 Å². The van der Waals surface area contributed by atoms with Crippen LogP contribution in [0.2, 0.25) is 0 Å². The van der Waals surface area contributed by atoms with E-state index in [2.05, 4.69) is 20.2 Å². The van der Waals surface area contributed by atoms with E-state index in [0.717, 1.165) is 24.5 Å². The first-order valence-electron chi connectivity index (χ1n) is 10.4. The third-order valence-corrected chi connectivity index (χ3v) is 5.40. The first-order chi connectivity index (χ1) is 15.3. The summed E-state index contributed by atoms with van der Waals surface area (Å²) in [7, 11) is 0. The molecule has 1 saturated heterocycles. The van der Waals surface area contributed by atoms with E-state index in [1.54, 1.807) is 18.5 Å². The molecule has 1 amide bonds. The van der Waals surface area contributed by atoms with Crippen molar-refractivity contribution in [2.45, 2.75) is 12.8 Å². The van der Waals surface area contributed by atoms with Crippen LogP contribution in [0.5, 0.6) is 0 Å². The number of aromatic nitrogens is 2. The summed E-state index contributed by atoms with van der Waals surface area (Å²) in [4.78, 5) is 24.2. The maximum absolute atomic E-state index is 13.0. The number of nitrogens with one attached hydrogen (secondary N) is 1. The molecule has 0 bridgehead atoms. The number of pyridine rings is 1. The van der Waals surface area contributed by atoms with E-state index in [0.29, 0.717) is 28.5 Å². The van der Waals surface area contributed by atoms with Crippen LogP contribution < -0.4 is 10.2 Å². The number of hydrogen-bond donors (Lipinski definition) is 1. The number of anilines is 2. The maximum Gasteiger partial charge on any atom is 0.256 e. The van der Waals surface area contributed by atoms with Gasteiger partial charge >= 0.3 is 0 Å². The van der Waals surface area contributed by atoms with Gasteiger partial charge in [0.2, 0.25) is 5.89 Å². The molecule has 6 heteroatoms. The molecule has 2 aromatic carbocycles. The lowest BCUT2D eigenvalue weighted by Crippen LogP contribution is -2.19. The Labute approximate surface area is 180 Å². The fraction of sp³-hybridized carbons (Fsp3) is 0.160. The summed E-state index contributed by atoms with van der Waals surface area (Å²) in [5.74, 6) is 1.79. The summed E-state index contributed by atoms with van der Waals surface area (Å²) in [6.45, 7) is 2.07. The fourth-order valence-electron chi connectivity index (χ4n) is 3.79. The van der Waals surface area contributed by atoms with Gasteiger partial charge in [-0.25, -0.2) is 9.97 Å². The van der Waals surface area contributed by atoms with E-state index in [1.165, 1.54) is 12.8 Å². The van der Waals surface area contributed by atoms with Gasteiger partial charge < -0.3 is 14.6 Å². The van der Waals surface area contributed by atoms with Gasteiger partial charge in [-0.2, -0.15) is 0 Å². The number of hydrogen-bond acceptors (Lipinski definition) is 5. The van der Waals surface area contributed by atoms with Crippen LogP contribution in [0.1, 0.15) is 23.2 Å². The SMILES string of the molecule is O=C(Nc1ccc(N2CCCC2)nc1)c1ccccc1-c1ncc(-c2ccccc2)o1. The minimum atomic E-state index is -0.231. The van der Waals surface area contributed by atoms with Crippen molar-refractivity contribution in [3.05, 3.63) is 84.7 Å². The Hall–Kier alpha value is -3.93. The molecule has 1 aliphatic rings. The van der Waals surface area contributed by atoms with Crippen molar-refractivity contribution >= 4 is 17.4 Å². The molecule has 0 radical (unpaired) electrons. The highest BCUT2D eigenvalue weighted by atomic mass is 16.4. The van der Waals surface area contributed by atoms with Gasteiger partial charge in [0.15, 0.2) is 5.76 Å². The van der Waals surface area contributed by atoms with Crippen molar-refractivity contribution < 1.29 is 9.21 Å². The zero-order valence-electron chi connectivity index (χ0n) is 17.0. The lowest BCUT2D eigenvalue weighted by molar-refractivity contribution is 0.102. The largest absolute Gasteiger partial charge is 0.436 e. The van der Waals surface area contributed by atoms with Gasteiger partial charge in [0, 0.05) is 24.2 Å². The number of amides is 1. The molecule has 31 heavy (non-hydrogen) atoms. The maximum atomic E-state index is 13.0. The second-order valence-electron chi connectivity index (χ2n) is 7.49. The topological polar surface area (TPSA) is 71.3 Å². The van der Waals surface area contributed by atoms with Crippen LogP contribution in [0.15, 0.2) is 83.5 Å². The van der Waals surface area contributed by atoms with Gasteiger partial charge in [-0.05, 0) is 37.1 Å². The van der Waals surface area contributed by atoms with Gasteiger partial charge in [0.1, 0.15) is 5.82 Å². The lowest BCUT2D eigenvalue weighted by atomic mass is 10.1. The van der Waals surface area contributed by atoms with Gasteiger partial charge in [0.25, 0.3) is 5.91 Å². The number of rotatable bonds is 5. The van der Waals surface area contributed by atoms with Crippen molar-refractivity contribution in [3.63, 3.8) is 0 Å². The summed E-state index contributed by atoms with van der Waals surface area (Å²) >= 11 is 0. The molecule has 1 aliphatic heterocycles. The number of carbonyl (C=O) groups excluding carboxylic acids is 1. The van der Waals surface area contributed by atoms with Crippen molar-refractivity contribution in [3.8, 4) is 22.8 Å². The van der Waals surface area contributed by atoms with Gasteiger partial charge in [-0.15, -0.1) is 0 Å². The fourth-order valence-corrected chi connectivity index (χ4v) is 3.79. The van der Waals surface area contributed by atoms with E-state index in [1.807, 2.05) is 60.7 Å². The van der Waals surface area contributed by atoms with Crippen LogP contribution in [0.4, 0.5) is 11.5 Å². The predicted molar refractivity (Wildman–Crippen MR) is 121 cm³/mol. The normalized spacial score (nSPS) is 13.4. The minimum Gasteiger partial charge on any atom is -0.436 e. The molecule has 1 N–H and O–H groups in total. The molecular formula is C25H22N4O2. The zero-order chi connectivity index (χ0) is 21.0. The highest BCUT2D eigenvalue weighted by Crippen LogP contribution is 2.28. The third-order valence-electron chi connectivity index (χ3n) is 5.40. The summed E-state index contributed by atoms with van der Waals surface area (Å²) in [6, 6.07) is 20.9.